The molecule has 0 bridgehead atoms. The fourth-order valence-corrected chi connectivity index (χ4v) is 5.00. The summed E-state index contributed by atoms with van der Waals surface area (Å²) in [6.45, 7) is 8.74. The summed E-state index contributed by atoms with van der Waals surface area (Å²) in [6, 6.07) is 28.7. The van der Waals surface area contributed by atoms with Crippen molar-refractivity contribution in [3.8, 4) is 22.3 Å². The summed E-state index contributed by atoms with van der Waals surface area (Å²) in [5.74, 6) is -0.203. The first-order valence-corrected chi connectivity index (χ1v) is 13.4. The van der Waals surface area contributed by atoms with Gasteiger partial charge in [0, 0.05) is 56.4 Å². The molecule has 0 unspecified atom stereocenters. The molecule has 3 aromatic carbocycles. The summed E-state index contributed by atoms with van der Waals surface area (Å²) in [4.78, 5) is 33.2. The minimum absolute atomic E-state index is 0.0419. The van der Waals surface area contributed by atoms with E-state index in [9.17, 15) is 9.59 Å². The van der Waals surface area contributed by atoms with E-state index in [4.69, 9.17) is 0 Å². The van der Waals surface area contributed by atoms with Crippen LogP contribution in [0.2, 0.25) is 0 Å². The summed E-state index contributed by atoms with van der Waals surface area (Å²) >= 11 is 0. The van der Waals surface area contributed by atoms with E-state index in [1.54, 1.807) is 6.92 Å². The number of hydrogen-bond acceptors (Lipinski definition) is 4. The number of piperazine rings is 1. The Morgan fingerprint density at radius 1 is 0.795 bits per heavy atom. The molecule has 1 aliphatic rings. The lowest BCUT2D eigenvalue weighted by Crippen LogP contribution is -2.48. The maximum Gasteiger partial charge on any atom is 0.231 e. The Balaban J connectivity index is 1.23. The minimum Gasteiger partial charge on any atom is -0.368 e. The lowest BCUT2D eigenvalue weighted by molar-refractivity contribution is -0.129. The zero-order valence-corrected chi connectivity index (χ0v) is 22.7. The molecule has 1 atom stereocenters. The van der Waals surface area contributed by atoms with Crippen molar-refractivity contribution in [3.63, 3.8) is 0 Å². The van der Waals surface area contributed by atoms with Crippen LogP contribution in [0, 0.1) is 6.92 Å². The van der Waals surface area contributed by atoms with Crippen molar-refractivity contribution in [2.24, 2.45) is 0 Å². The van der Waals surface area contributed by atoms with E-state index in [0.717, 1.165) is 71.1 Å². The molecule has 6 nitrogen and oxygen atoms in total. The Bertz CT molecular complexity index is 1460. The van der Waals surface area contributed by atoms with Crippen molar-refractivity contribution >= 4 is 23.2 Å². The van der Waals surface area contributed by atoms with Crippen LogP contribution in [-0.2, 0) is 9.59 Å². The Hall–Kier alpha value is -4.45. The third-order valence-corrected chi connectivity index (χ3v) is 7.45. The van der Waals surface area contributed by atoms with E-state index in [-0.39, 0.29) is 17.7 Å². The maximum atomic E-state index is 13.1. The molecule has 39 heavy (non-hydrogen) atoms. The van der Waals surface area contributed by atoms with Gasteiger partial charge in [0.15, 0.2) is 0 Å². The molecule has 6 heteroatoms. The summed E-state index contributed by atoms with van der Waals surface area (Å²) in [6.07, 6.45) is 1.81. The van der Waals surface area contributed by atoms with Crippen LogP contribution in [0.25, 0.3) is 22.3 Å². The monoisotopic (exact) mass is 518 g/mol. The van der Waals surface area contributed by atoms with Crippen LogP contribution in [0.1, 0.15) is 31.0 Å². The fraction of sp³-hybridized carbons (Fsp3) is 0.242. The number of aryl methyl sites for hydroxylation is 1. The first-order valence-electron chi connectivity index (χ1n) is 13.4. The molecule has 1 saturated heterocycles. The number of benzene rings is 3. The van der Waals surface area contributed by atoms with Crippen molar-refractivity contribution in [2.75, 3.05) is 36.4 Å². The number of carbonyl (C=O) groups is 2. The standard InChI is InChI=1S/C33H34N4O2/c1-23-21-30(15-16-34-23)26-7-11-31(12-8-26)35-33(39)24(2)28-5-4-6-29(22-28)27-9-13-32(14-10-27)37-19-17-36(18-20-37)25(3)38/h4-16,21-22,24H,17-20H2,1-3H3,(H,35,39)/t24-/m1/s1. The highest BCUT2D eigenvalue weighted by atomic mass is 16.2. The van der Waals surface area contributed by atoms with Crippen LogP contribution >= 0.6 is 0 Å². The normalized spacial score (nSPS) is 14.1. The number of rotatable bonds is 6. The molecule has 1 aromatic heterocycles. The van der Waals surface area contributed by atoms with Crippen LogP contribution in [-0.4, -0.2) is 47.9 Å². The third-order valence-electron chi connectivity index (χ3n) is 7.45. The molecule has 4 aromatic rings. The van der Waals surface area contributed by atoms with Gasteiger partial charge in [-0.1, -0.05) is 48.5 Å². The molecule has 0 aliphatic carbocycles. The van der Waals surface area contributed by atoms with E-state index in [2.05, 4.69) is 51.6 Å². The van der Waals surface area contributed by atoms with E-state index in [1.807, 2.05) is 73.5 Å². The number of pyridine rings is 1. The van der Waals surface area contributed by atoms with Gasteiger partial charge in [0.1, 0.15) is 0 Å². The summed E-state index contributed by atoms with van der Waals surface area (Å²) in [5.41, 5.74) is 8.26. The molecule has 1 aliphatic heterocycles. The second-order valence-corrected chi connectivity index (χ2v) is 10.1. The van der Waals surface area contributed by atoms with Gasteiger partial charge in [-0.3, -0.25) is 14.6 Å². The molecule has 0 radical (unpaired) electrons. The van der Waals surface area contributed by atoms with Gasteiger partial charge in [-0.2, -0.15) is 0 Å². The molecule has 2 amide bonds. The van der Waals surface area contributed by atoms with Gasteiger partial charge in [-0.05, 0) is 78.1 Å². The lowest BCUT2D eigenvalue weighted by Gasteiger charge is -2.35. The smallest absolute Gasteiger partial charge is 0.231 e. The van der Waals surface area contributed by atoms with Gasteiger partial charge >= 0.3 is 0 Å². The number of nitrogens with one attached hydrogen (secondary N) is 1. The molecular weight excluding hydrogens is 484 g/mol. The van der Waals surface area contributed by atoms with Crippen molar-refractivity contribution < 1.29 is 9.59 Å². The predicted octanol–water partition coefficient (Wildman–Crippen LogP) is 6.13. The third kappa shape index (κ3) is 6.17. The first-order chi connectivity index (χ1) is 18.9. The van der Waals surface area contributed by atoms with Crippen molar-refractivity contribution in [1.82, 2.24) is 9.88 Å². The zero-order chi connectivity index (χ0) is 27.4. The topological polar surface area (TPSA) is 65.5 Å². The number of amides is 2. The van der Waals surface area contributed by atoms with Crippen LogP contribution in [0.4, 0.5) is 11.4 Å². The molecule has 2 heterocycles. The van der Waals surface area contributed by atoms with Gasteiger partial charge in [-0.15, -0.1) is 0 Å². The number of anilines is 2. The van der Waals surface area contributed by atoms with Crippen LogP contribution in [0.15, 0.2) is 91.1 Å². The second kappa shape index (κ2) is 11.5. The van der Waals surface area contributed by atoms with E-state index < -0.39 is 0 Å². The quantitative estimate of drug-likeness (QED) is 0.333. The van der Waals surface area contributed by atoms with Crippen molar-refractivity contribution in [1.29, 1.82) is 0 Å². The van der Waals surface area contributed by atoms with E-state index >= 15 is 0 Å². The van der Waals surface area contributed by atoms with Gasteiger partial charge in [0.2, 0.25) is 11.8 Å². The summed E-state index contributed by atoms with van der Waals surface area (Å²) < 4.78 is 0. The minimum atomic E-state index is -0.302. The molecule has 198 valence electrons. The Morgan fingerprint density at radius 2 is 1.44 bits per heavy atom. The van der Waals surface area contributed by atoms with Crippen LogP contribution in [0.3, 0.4) is 0 Å². The van der Waals surface area contributed by atoms with Crippen molar-refractivity contribution in [2.45, 2.75) is 26.7 Å². The largest absolute Gasteiger partial charge is 0.368 e. The van der Waals surface area contributed by atoms with Crippen molar-refractivity contribution in [3.05, 3.63) is 102 Å². The van der Waals surface area contributed by atoms with Crippen LogP contribution in [0.5, 0.6) is 0 Å². The highest BCUT2D eigenvalue weighted by molar-refractivity contribution is 5.96. The van der Waals surface area contributed by atoms with E-state index in [1.165, 1.54) is 0 Å². The van der Waals surface area contributed by atoms with Gasteiger partial charge in [0.05, 0.1) is 5.92 Å². The summed E-state index contributed by atoms with van der Waals surface area (Å²) in [7, 11) is 0. The van der Waals surface area contributed by atoms with Gasteiger partial charge in [0.25, 0.3) is 0 Å². The average Bonchev–Trinajstić information content (AvgIpc) is 2.97. The van der Waals surface area contributed by atoms with Gasteiger partial charge in [-0.25, -0.2) is 0 Å². The average molecular weight is 519 g/mol. The Morgan fingerprint density at radius 3 is 2.08 bits per heavy atom. The Labute approximate surface area is 230 Å². The number of hydrogen-bond donors (Lipinski definition) is 1. The number of nitrogens with zero attached hydrogens (tertiary/aromatic N) is 3. The number of carbonyl (C=O) groups excluding carboxylic acids is 2. The van der Waals surface area contributed by atoms with Gasteiger partial charge < -0.3 is 15.1 Å². The maximum absolute atomic E-state index is 13.1. The lowest BCUT2D eigenvalue weighted by atomic mass is 9.95. The molecule has 0 spiro atoms. The molecule has 5 rings (SSSR count). The molecule has 1 N–H and O–H groups in total. The zero-order valence-electron chi connectivity index (χ0n) is 22.7. The number of aromatic nitrogens is 1. The molecular formula is C33H34N4O2. The van der Waals surface area contributed by atoms with E-state index in [0.29, 0.717) is 0 Å². The first kappa shape index (κ1) is 26.2. The highest BCUT2D eigenvalue weighted by Crippen LogP contribution is 2.28. The molecule has 1 fully saturated rings. The highest BCUT2D eigenvalue weighted by Gasteiger charge is 2.19. The summed E-state index contributed by atoms with van der Waals surface area (Å²) in [5, 5.41) is 3.06. The predicted molar refractivity (Wildman–Crippen MR) is 158 cm³/mol. The molecule has 0 saturated carbocycles. The second-order valence-electron chi connectivity index (χ2n) is 10.1. The van der Waals surface area contributed by atoms with Crippen LogP contribution < -0.4 is 10.2 Å². The Kier molecular flexibility index (Phi) is 7.73. The fourth-order valence-electron chi connectivity index (χ4n) is 5.00. The SMILES string of the molecule is CC(=O)N1CCN(c2ccc(-c3cccc([C@@H](C)C(=O)Nc4ccc(-c5ccnc(C)c5)cc4)c3)cc2)CC1.